The van der Waals surface area contributed by atoms with Crippen LogP contribution in [0.5, 0.6) is 0 Å². The van der Waals surface area contributed by atoms with E-state index >= 15 is 0 Å². The van der Waals surface area contributed by atoms with E-state index in [4.69, 9.17) is 4.74 Å². The molecule has 92 valence electrons. The number of ether oxygens (including phenoxy) is 1. The molecule has 1 aromatic rings. The first-order valence-corrected chi connectivity index (χ1v) is 6.87. The highest BCUT2D eigenvalue weighted by atomic mass is 32.1. The summed E-state index contributed by atoms with van der Waals surface area (Å²) in [5.74, 6) is -0.0179. The number of nitrogens with zero attached hydrogens (tertiary/aromatic N) is 1. The van der Waals surface area contributed by atoms with E-state index in [1.165, 1.54) is 5.57 Å². The van der Waals surface area contributed by atoms with Crippen LogP contribution in [0.2, 0.25) is 0 Å². The van der Waals surface area contributed by atoms with Crippen LogP contribution in [0, 0.1) is 12.8 Å². The van der Waals surface area contributed by atoms with Crippen molar-refractivity contribution >= 4 is 22.9 Å². The van der Waals surface area contributed by atoms with Crippen molar-refractivity contribution in [1.29, 1.82) is 0 Å². The Bertz CT molecular complexity index is 436. The van der Waals surface area contributed by atoms with Gasteiger partial charge in [0.15, 0.2) is 0 Å². The molecule has 0 aliphatic heterocycles. The van der Waals surface area contributed by atoms with Crippen LogP contribution in [-0.2, 0) is 9.53 Å². The smallest absolute Gasteiger partial charge is 0.309 e. The summed E-state index contributed by atoms with van der Waals surface area (Å²) in [6.45, 7) is 4.33. The molecule has 1 aromatic heterocycles. The summed E-state index contributed by atoms with van der Waals surface area (Å²) in [5.41, 5.74) is 2.35. The summed E-state index contributed by atoms with van der Waals surface area (Å²) >= 11 is 1.67. The van der Waals surface area contributed by atoms with Crippen LogP contribution in [0.15, 0.2) is 11.5 Å². The number of thiazole rings is 1. The number of rotatable bonds is 3. The monoisotopic (exact) mass is 251 g/mol. The molecule has 1 aliphatic carbocycles. The fourth-order valence-corrected chi connectivity index (χ4v) is 2.69. The molecule has 0 aromatic carbocycles. The Balaban J connectivity index is 2.00. The van der Waals surface area contributed by atoms with Crippen molar-refractivity contribution in [2.75, 3.05) is 6.61 Å². The highest BCUT2D eigenvalue weighted by Crippen LogP contribution is 2.31. The second-order valence-corrected chi connectivity index (χ2v) is 5.27. The summed E-state index contributed by atoms with van der Waals surface area (Å²) < 4.78 is 5.04. The van der Waals surface area contributed by atoms with E-state index in [2.05, 4.69) is 16.4 Å². The van der Waals surface area contributed by atoms with Crippen molar-refractivity contribution in [3.8, 4) is 0 Å². The van der Waals surface area contributed by atoms with E-state index in [0.717, 1.165) is 30.0 Å². The molecule has 0 saturated heterocycles. The van der Waals surface area contributed by atoms with Crippen LogP contribution in [0.3, 0.4) is 0 Å². The number of hydrogen-bond acceptors (Lipinski definition) is 4. The van der Waals surface area contributed by atoms with Gasteiger partial charge in [-0.15, -0.1) is 11.3 Å². The molecule has 1 atom stereocenters. The normalized spacial score (nSPS) is 19.9. The Morgan fingerprint density at radius 1 is 1.65 bits per heavy atom. The number of aryl methyl sites for hydroxylation is 1. The molecule has 0 amide bonds. The fraction of sp³-hybridized carbons (Fsp3) is 0.538. The maximum absolute atomic E-state index is 11.6. The van der Waals surface area contributed by atoms with E-state index in [0.29, 0.717) is 6.61 Å². The first kappa shape index (κ1) is 12.3. The molecule has 0 radical (unpaired) electrons. The number of carbonyl (C=O) groups is 1. The molecule has 4 heteroatoms. The summed E-state index contributed by atoms with van der Waals surface area (Å²) in [4.78, 5) is 16.1. The largest absolute Gasteiger partial charge is 0.466 e. The van der Waals surface area contributed by atoms with Crippen molar-refractivity contribution in [1.82, 2.24) is 4.98 Å². The second kappa shape index (κ2) is 5.45. The van der Waals surface area contributed by atoms with Crippen LogP contribution < -0.4 is 0 Å². The highest BCUT2D eigenvalue weighted by Gasteiger charge is 2.23. The molecule has 1 aliphatic rings. The second-order valence-electron chi connectivity index (χ2n) is 4.20. The topological polar surface area (TPSA) is 39.2 Å². The lowest BCUT2D eigenvalue weighted by Crippen LogP contribution is -2.19. The number of esters is 1. The van der Waals surface area contributed by atoms with Crippen LogP contribution in [0.4, 0.5) is 0 Å². The molecule has 3 nitrogen and oxygen atoms in total. The Labute approximate surface area is 106 Å². The molecule has 0 unspecified atom stereocenters. The van der Waals surface area contributed by atoms with Gasteiger partial charge in [-0.05, 0) is 38.7 Å². The van der Waals surface area contributed by atoms with Gasteiger partial charge in [-0.25, -0.2) is 4.98 Å². The molecule has 0 spiro atoms. The minimum absolute atomic E-state index is 0.0402. The Hall–Kier alpha value is -1.16. The third kappa shape index (κ3) is 2.94. The number of aromatic nitrogens is 1. The Kier molecular flexibility index (Phi) is 3.94. The van der Waals surface area contributed by atoms with Crippen molar-refractivity contribution in [2.45, 2.75) is 33.1 Å². The van der Waals surface area contributed by atoms with E-state index in [9.17, 15) is 4.79 Å². The molecule has 1 heterocycles. The summed E-state index contributed by atoms with van der Waals surface area (Å²) in [6, 6.07) is 0. The molecule has 0 bridgehead atoms. The number of allylic oxidation sites excluding steroid dienone is 2. The van der Waals surface area contributed by atoms with E-state index in [1.54, 1.807) is 11.3 Å². The van der Waals surface area contributed by atoms with Crippen molar-refractivity contribution < 1.29 is 9.53 Å². The van der Waals surface area contributed by atoms with E-state index < -0.39 is 0 Å². The highest BCUT2D eigenvalue weighted by molar-refractivity contribution is 7.09. The van der Waals surface area contributed by atoms with Gasteiger partial charge in [0.05, 0.1) is 23.2 Å². The van der Waals surface area contributed by atoms with Gasteiger partial charge >= 0.3 is 5.97 Å². The molecular weight excluding hydrogens is 234 g/mol. The van der Waals surface area contributed by atoms with Gasteiger partial charge in [0.2, 0.25) is 0 Å². The minimum atomic E-state index is -0.0581. The van der Waals surface area contributed by atoms with Gasteiger partial charge in [0.1, 0.15) is 0 Å². The lowest BCUT2D eigenvalue weighted by Gasteiger charge is -2.19. The molecule has 0 saturated carbocycles. The van der Waals surface area contributed by atoms with Gasteiger partial charge < -0.3 is 4.74 Å². The van der Waals surface area contributed by atoms with Crippen LogP contribution >= 0.6 is 11.3 Å². The van der Waals surface area contributed by atoms with Crippen LogP contribution in [0.25, 0.3) is 5.57 Å². The van der Waals surface area contributed by atoms with Gasteiger partial charge in [-0.1, -0.05) is 6.08 Å². The number of hydrogen-bond donors (Lipinski definition) is 0. The number of carbonyl (C=O) groups excluding carboxylic acids is 1. The van der Waals surface area contributed by atoms with Gasteiger partial charge in [-0.2, -0.15) is 0 Å². The lowest BCUT2D eigenvalue weighted by atomic mass is 9.88. The minimum Gasteiger partial charge on any atom is -0.466 e. The quantitative estimate of drug-likeness (QED) is 0.774. The van der Waals surface area contributed by atoms with E-state index in [-0.39, 0.29) is 11.9 Å². The van der Waals surface area contributed by atoms with Gasteiger partial charge in [-0.3, -0.25) is 4.79 Å². The Morgan fingerprint density at radius 3 is 3.00 bits per heavy atom. The maximum Gasteiger partial charge on any atom is 0.309 e. The molecule has 0 N–H and O–H groups in total. The average molecular weight is 251 g/mol. The molecule has 0 fully saturated rings. The third-order valence-electron chi connectivity index (χ3n) is 2.98. The van der Waals surface area contributed by atoms with Gasteiger partial charge in [0.25, 0.3) is 0 Å². The predicted octanol–water partition coefficient (Wildman–Crippen LogP) is 3.20. The van der Waals surface area contributed by atoms with Crippen molar-refractivity contribution in [3.05, 3.63) is 22.2 Å². The van der Waals surface area contributed by atoms with Crippen molar-refractivity contribution in [3.63, 3.8) is 0 Å². The fourth-order valence-electron chi connectivity index (χ4n) is 2.05. The summed E-state index contributed by atoms with van der Waals surface area (Å²) in [7, 11) is 0. The Morgan fingerprint density at radius 2 is 2.47 bits per heavy atom. The lowest BCUT2D eigenvalue weighted by molar-refractivity contribution is -0.148. The zero-order chi connectivity index (χ0) is 12.3. The molecule has 2 rings (SSSR count). The predicted molar refractivity (Wildman–Crippen MR) is 68.8 cm³/mol. The zero-order valence-electron chi connectivity index (χ0n) is 10.2. The zero-order valence-corrected chi connectivity index (χ0v) is 11.0. The first-order chi connectivity index (χ1) is 8.20. The third-order valence-corrected chi connectivity index (χ3v) is 3.75. The maximum atomic E-state index is 11.6. The SMILES string of the molecule is CCOC(=O)[C@H]1CC=C(c2csc(C)n2)CC1. The summed E-state index contributed by atoms with van der Waals surface area (Å²) in [6.07, 6.45) is 4.72. The molecule has 17 heavy (non-hydrogen) atoms. The van der Waals surface area contributed by atoms with Crippen LogP contribution in [-0.4, -0.2) is 17.6 Å². The standard InChI is InChI=1S/C13H17NO2S/c1-3-16-13(15)11-6-4-10(5-7-11)12-8-17-9(2)14-12/h4,8,11H,3,5-7H2,1-2H3/t11-/m0/s1. The first-order valence-electron chi connectivity index (χ1n) is 5.99. The van der Waals surface area contributed by atoms with Crippen LogP contribution in [0.1, 0.15) is 36.9 Å². The molecular formula is C13H17NO2S. The average Bonchev–Trinajstić information content (AvgIpc) is 2.76. The van der Waals surface area contributed by atoms with E-state index in [1.807, 2.05) is 13.8 Å². The summed E-state index contributed by atoms with van der Waals surface area (Å²) in [5, 5.41) is 3.18. The van der Waals surface area contributed by atoms with Crippen molar-refractivity contribution in [2.24, 2.45) is 5.92 Å². The van der Waals surface area contributed by atoms with Gasteiger partial charge in [0, 0.05) is 5.38 Å².